The number of anilines is 2. The van der Waals surface area contributed by atoms with E-state index < -0.39 is 22.4 Å². The number of nitrogens with zero attached hydrogens (tertiary/aromatic N) is 4. The van der Waals surface area contributed by atoms with Crippen LogP contribution in [0, 0.1) is 16.0 Å². The van der Waals surface area contributed by atoms with Crippen molar-refractivity contribution in [1.82, 2.24) is 9.97 Å². The van der Waals surface area contributed by atoms with Gasteiger partial charge >= 0.3 is 6.18 Å². The number of aromatic hydroxyl groups is 1. The van der Waals surface area contributed by atoms with Crippen molar-refractivity contribution in [2.75, 3.05) is 23.3 Å². The minimum absolute atomic E-state index is 0.0800. The zero-order valence-corrected chi connectivity index (χ0v) is 18.2. The number of nitro benzene ring substituents is 1. The molecule has 12 heteroatoms. The Morgan fingerprint density at radius 2 is 1.80 bits per heavy atom. The number of nitrogens with one attached hydrogen (secondary N) is 1. The largest absolute Gasteiger partial charge is 0.508 e. The minimum Gasteiger partial charge on any atom is -0.508 e. The van der Waals surface area contributed by atoms with Gasteiger partial charge in [0.05, 0.1) is 28.6 Å². The molecule has 1 fully saturated rings. The van der Waals surface area contributed by atoms with Gasteiger partial charge in [0.2, 0.25) is 5.91 Å². The van der Waals surface area contributed by atoms with Gasteiger partial charge < -0.3 is 15.3 Å². The summed E-state index contributed by atoms with van der Waals surface area (Å²) >= 11 is 0. The molecule has 4 rings (SSSR count). The van der Waals surface area contributed by atoms with E-state index in [0.717, 1.165) is 12.1 Å². The molecule has 9 nitrogen and oxygen atoms in total. The van der Waals surface area contributed by atoms with Crippen LogP contribution in [0.25, 0.3) is 11.4 Å². The lowest BCUT2D eigenvalue weighted by Gasteiger charge is -2.32. The lowest BCUT2D eigenvalue weighted by molar-refractivity contribution is -0.384. The van der Waals surface area contributed by atoms with Crippen molar-refractivity contribution in [3.63, 3.8) is 0 Å². The molecule has 0 bridgehead atoms. The molecule has 35 heavy (non-hydrogen) atoms. The van der Waals surface area contributed by atoms with E-state index >= 15 is 0 Å². The van der Waals surface area contributed by atoms with Gasteiger partial charge in [-0.05, 0) is 37.1 Å². The lowest BCUT2D eigenvalue weighted by Crippen LogP contribution is -2.38. The molecule has 1 amide bonds. The first-order valence-corrected chi connectivity index (χ1v) is 10.6. The van der Waals surface area contributed by atoms with Crippen molar-refractivity contribution < 1.29 is 28.0 Å². The Morgan fingerprint density at radius 1 is 1.11 bits per heavy atom. The van der Waals surface area contributed by atoms with Gasteiger partial charge in [-0.3, -0.25) is 14.9 Å². The summed E-state index contributed by atoms with van der Waals surface area (Å²) in [6, 6.07) is 8.90. The summed E-state index contributed by atoms with van der Waals surface area (Å²) in [6.45, 7) is 0.550. The Balaban J connectivity index is 1.38. The fourth-order valence-corrected chi connectivity index (χ4v) is 3.93. The number of amides is 1. The third-order valence-corrected chi connectivity index (χ3v) is 5.73. The summed E-state index contributed by atoms with van der Waals surface area (Å²) in [5, 5.41) is 23.7. The van der Waals surface area contributed by atoms with Crippen LogP contribution in [0.15, 0.2) is 54.9 Å². The predicted octanol–water partition coefficient (Wildman–Crippen LogP) is 4.63. The highest BCUT2D eigenvalue weighted by atomic mass is 19.4. The Morgan fingerprint density at radius 3 is 2.40 bits per heavy atom. The SMILES string of the molecule is O=C(Nc1cnc(-c2cccc(O)c2)nc1)C1CCN(c2ccc(C(F)(F)F)cc2[N+](=O)[O-])CC1. The van der Waals surface area contributed by atoms with Crippen LogP contribution < -0.4 is 10.2 Å². The van der Waals surface area contributed by atoms with Crippen molar-refractivity contribution in [2.45, 2.75) is 19.0 Å². The third-order valence-electron chi connectivity index (χ3n) is 5.73. The Hall–Kier alpha value is -4.22. The Bertz CT molecular complexity index is 1240. The van der Waals surface area contributed by atoms with Crippen molar-refractivity contribution >= 4 is 23.0 Å². The first kappa shape index (κ1) is 23.9. The molecule has 1 saturated heterocycles. The van der Waals surface area contributed by atoms with Crippen molar-refractivity contribution in [3.05, 3.63) is 70.5 Å². The molecule has 0 atom stereocenters. The number of carbonyl (C=O) groups excluding carboxylic acids is 1. The molecule has 2 heterocycles. The molecule has 2 aromatic carbocycles. The second kappa shape index (κ2) is 9.57. The Labute approximate surface area is 197 Å². The molecule has 0 aliphatic carbocycles. The van der Waals surface area contributed by atoms with E-state index in [2.05, 4.69) is 15.3 Å². The van der Waals surface area contributed by atoms with Crippen molar-refractivity contribution in [3.8, 4) is 17.1 Å². The van der Waals surface area contributed by atoms with Gasteiger partial charge in [-0.25, -0.2) is 9.97 Å². The maximum atomic E-state index is 12.9. The van der Waals surface area contributed by atoms with Crippen LogP contribution in [-0.2, 0) is 11.0 Å². The van der Waals surface area contributed by atoms with Crippen LogP contribution in [0.1, 0.15) is 18.4 Å². The zero-order chi connectivity index (χ0) is 25.2. The first-order valence-electron chi connectivity index (χ1n) is 10.6. The van der Waals surface area contributed by atoms with Gasteiger partial charge in [0, 0.05) is 30.6 Å². The van der Waals surface area contributed by atoms with Crippen LogP contribution in [0.4, 0.5) is 30.2 Å². The van der Waals surface area contributed by atoms with E-state index in [9.17, 15) is 33.2 Å². The molecule has 1 aromatic heterocycles. The number of benzene rings is 2. The van der Waals surface area contributed by atoms with Crippen molar-refractivity contribution in [1.29, 1.82) is 0 Å². The summed E-state index contributed by atoms with van der Waals surface area (Å²) in [5.41, 5.74) is -0.601. The predicted molar refractivity (Wildman–Crippen MR) is 121 cm³/mol. The third kappa shape index (κ3) is 5.48. The maximum Gasteiger partial charge on any atom is 0.416 e. The summed E-state index contributed by atoms with van der Waals surface area (Å²) in [6.07, 6.45) is -1.05. The molecule has 0 unspecified atom stereocenters. The topological polar surface area (TPSA) is 121 Å². The van der Waals surface area contributed by atoms with Crippen LogP contribution in [0.2, 0.25) is 0 Å². The normalized spacial score (nSPS) is 14.5. The maximum absolute atomic E-state index is 12.9. The molecule has 2 N–H and O–H groups in total. The van der Waals surface area contributed by atoms with Gasteiger partial charge in [-0.15, -0.1) is 0 Å². The number of hydrogen-bond acceptors (Lipinski definition) is 7. The van der Waals surface area contributed by atoms with E-state index in [1.54, 1.807) is 17.0 Å². The molecule has 182 valence electrons. The fourth-order valence-electron chi connectivity index (χ4n) is 3.93. The second-order valence-electron chi connectivity index (χ2n) is 8.05. The number of halogens is 3. The van der Waals surface area contributed by atoms with E-state index in [1.165, 1.54) is 24.5 Å². The fraction of sp³-hybridized carbons (Fsp3) is 0.261. The van der Waals surface area contributed by atoms with E-state index in [0.29, 0.717) is 36.0 Å². The van der Waals surface area contributed by atoms with Crippen LogP contribution in [0.5, 0.6) is 5.75 Å². The number of rotatable bonds is 5. The van der Waals surface area contributed by atoms with E-state index in [-0.39, 0.29) is 36.4 Å². The number of carbonyl (C=O) groups is 1. The number of hydrogen-bond donors (Lipinski definition) is 2. The highest BCUT2D eigenvalue weighted by Crippen LogP contribution is 2.37. The molecule has 0 radical (unpaired) electrons. The summed E-state index contributed by atoms with van der Waals surface area (Å²) in [5.74, 6) is -0.187. The highest BCUT2D eigenvalue weighted by Gasteiger charge is 2.35. The molecule has 1 aliphatic heterocycles. The lowest BCUT2D eigenvalue weighted by atomic mass is 9.95. The average Bonchev–Trinajstić information content (AvgIpc) is 2.83. The number of piperidine rings is 1. The highest BCUT2D eigenvalue weighted by molar-refractivity contribution is 5.92. The Kier molecular flexibility index (Phi) is 6.54. The summed E-state index contributed by atoms with van der Waals surface area (Å²) < 4.78 is 38.8. The minimum atomic E-state index is -4.68. The second-order valence-corrected chi connectivity index (χ2v) is 8.05. The van der Waals surface area contributed by atoms with E-state index in [4.69, 9.17) is 0 Å². The molecule has 0 spiro atoms. The number of aromatic nitrogens is 2. The standard InChI is InChI=1S/C23H20F3N5O4/c24-23(25,26)16-4-5-19(20(11-16)31(34)35)30-8-6-14(7-9-30)22(33)29-17-12-27-21(28-13-17)15-2-1-3-18(32)10-15/h1-5,10-14,32H,6-9H2,(H,29,33). The number of nitro groups is 1. The average molecular weight is 487 g/mol. The van der Waals surface area contributed by atoms with Crippen LogP contribution in [0.3, 0.4) is 0 Å². The number of alkyl halides is 3. The summed E-state index contributed by atoms with van der Waals surface area (Å²) in [7, 11) is 0. The van der Waals surface area contributed by atoms with Gasteiger partial charge in [0.25, 0.3) is 5.69 Å². The van der Waals surface area contributed by atoms with E-state index in [1.807, 2.05) is 0 Å². The molecular formula is C23H20F3N5O4. The van der Waals surface area contributed by atoms with Gasteiger partial charge in [0.1, 0.15) is 11.4 Å². The van der Waals surface area contributed by atoms with Crippen molar-refractivity contribution in [2.24, 2.45) is 5.92 Å². The number of phenolic OH excluding ortho intramolecular Hbond substituents is 1. The zero-order valence-electron chi connectivity index (χ0n) is 18.2. The molecule has 3 aromatic rings. The van der Waals surface area contributed by atoms with Crippen LogP contribution >= 0.6 is 0 Å². The molecule has 1 aliphatic rings. The van der Waals surface area contributed by atoms with Gasteiger partial charge in [-0.1, -0.05) is 12.1 Å². The molecular weight excluding hydrogens is 467 g/mol. The summed E-state index contributed by atoms with van der Waals surface area (Å²) in [4.78, 5) is 33.3. The van der Waals surface area contributed by atoms with Crippen LogP contribution in [-0.4, -0.2) is 39.0 Å². The van der Waals surface area contributed by atoms with Gasteiger partial charge in [0.15, 0.2) is 5.82 Å². The smallest absolute Gasteiger partial charge is 0.416 e. The number of phenols is 1. The van der Waals surface area contributed by atoms with Gasteiger partial charge in [-0.2, -0.15) is 13.2 Å². The monoisotopic (exact) mass is 487 g/mol. The molecule has 0 saturated carbocycles. The first-order chi connectivity index (χ1) is 16.6. The quantitative estimate of drug-likeness (QED) is 0.397.